The van der Waals surface area contributed by atoms with Gasteiger partial charge in [0, 0.05) is 6.54 Å². The summed E-state index contributed by atoms with van der Waals surface area (Å²) in [4.78, 5) is 12.1. The third-order valence-corrected chi connectivity index (χ3v) is 2.54. The van der Waals surface area contributed by atoms with E-state index in [0.717, 1.165) is 5.56 Å². The minimum absolute atomic E-state index is 0.0123. The van der Waals surface area contributed by atoms with Gasteiger partial charge in [0.25, 0.3) is 0 Å². The van der Waals surface area contributed by atoms with Gasteiger partial charge in [-0.1, -0.05) is 29.8 Å². The summed E-state index contributed by atoms with van der Waals surface area (Å²) in [6.45, 7) is 6.48. The van der Waals surface area contributed by atoms with Gasteiger partial charge in [0.1, 0.15) is 0 Å². The summed E-state index contributed by atoms with van der Waals surface area (Å²) in [5, 5.41) is 3.11. The molecule has 2 rings (SSSR count). The van der Waals surface area contributed by atoms with Crippen LogP contribution in [0.25, 0.3) is 0 Å². The molecule has 6 nitrogen and oxygen atoms in total. The highest BCUT2D eigenvalue weighted by atomic mass is 16.5. The van der Waals surface area contributed by atoms with Gasteiger partial charge in [0.15, 0.2) is 0 Å². The SMILES string of the molecule is Cc1ccc(CNc2nc(N)nc(OC(C)C)n2)cc1. The molecule has 1 aromatic heterocycles. The Morgan fingerprint density at radius 2 is 1.85 bits per heavy atom. The lowest BCUT2D eigenvalue weighted by atomic mass is 10.1. The van der Waals surface area contributed by atoms with Crippen molar-refractivity contribution in [3.05, 3.63) is 35.4 Å². The number of hydrogen-bond donors (Lipinski definition) is 2. The van der Waals surface area contributed by atoms with E-state index in [2.05, 4.69) is 51.5 Å². The normalized spacial score (nSPS) is 10.6. The average molecular weight is 273 g/mol. The summed E-state index contributed by atoms with van der Waals surface area (Å²) in [5.41, 5.74) is 8.01. The van der Waals surface area contributed by atoms with E-state index in [0.29, 0.717) is 12.5 Å². The molecule has 0 saturated carbocycles. The van der Waals surface area contributed by atoms with Crippen LogP contribution < -0.4 is 15.8 Å². The summed E-state index contributed by atoms with van der Waals surface area (Å²) in [6, 6.07) is 8.47. The van der Waals surface area contributed by atoms with Gasteiger partial charge in [0.2, 0.25) is 11.9 Å². The van der Waals surface area contributed by atoms with Gasteiger partial charge in [0.05, 0.1) is 6.10 Å². The van der Waals surface area contributed by atoms with E-state index >= 15 is 0 Å². The Balaban J connectivity index is 2.05. The number of hydrogen-bond acceptors (Lipinski definition) is 6. The van der Waals surface area contributed by atoms with Gasteiger partial charge in [-0.2, -0.15) is 15.0 Å². The molecule has 0 spiro atoms. The van der Waals surface area contributed by atoms with Crippen molar-refractivity contribution < 1.29 is 4.74 Å². The largest absolute Gasteiger partial charge is 0.461 e. The molecule has 0 aliphatic rings. The Morgan fingerprint density at radius 3 is 2.50 bits per heavy atom. The van der Waals surface area contributed by atoms with Crippen molar-refractivity contribution in [3.63, 3.8) is 0 Å². The van der Waals surface area contributed by atoms with Crippen molar-refractivity contribution in [2.24, 2.45) is 0 Å². The maximum Gasteiger partial charge on any atom is 0.323 e. The van der Waals surface area contributed by atoms with Crippen LogP contribution in [-0.4, -0.2) is 21.1 Å². The van der Waals surface area contributed by atoms with Crippen LogP contribution in [0.4, 0.5) is 11.9 Å². The molecule has 0 unspecified atom stereocenters. The molecule has 0 radical (unpaired) electrons. The van der Waals surface area contributed by atoms with Crippen LogP contribution in [0.1, 0.15) is 25.0 Å². The van der Waals surface area contributed by atoms with Crippen LogP contribution in [-0.2, 0) is 6.54 Å². The van der Waals surface area contributed by atoms with Crippen LogP contribution >= 0.6 is 0 Å². The number of nitrogens with two attached hydrogens (primary N) is 1. The zero-order valence-electron chi connectivity index (χ0n) is 11.9. The fourth-order valence-corrected chi connectivity index (χ4v) is 1.60. The predicted molar refractivity (Wildman–Crippen MR) is 78.5 cm³/mol. The van der Waals surface area contributed by atoms with Gasteiger partial charge in [-0.3, -0.25) is 0 Å². The Labute approximate surface area is 118 Å². The molecule has 0 aliphatic carbocycles. The third kappa shape index (κ3) is 4.08. The van der Waals surface area contributed by atoms with Gasteiger partial charge < -0.3 is 15.8 Å². The Kier molecular flexibility index (Phi) is 4.34. The summed E-state index contributed by atoms with van der Waals surface area (Å²) in [5.74, 6) is 0.552. The number of aromatic nitrogens is 3. The van der Waals surface area contributed by atoms with Gasteiger partial charge in [-0.25, -0.2) is 0 Å². The van der Waals surface area contributed by atoms with Gasteiger partial charge in [-0.15, -0.1) is 0 Å². The predicted octanol–water partition coefficient (Wildman–Crippen LogP) is 2.16. The first-order chi connectivity index (χ1) is 9.52. The number of ether oxygens (including phenoxy) is 1. The van der Waals surface area contributed by atoms with E-state index in [4.69, 9.17) is 10.5 Å². The van der Waals surface area contributed by atoms with E-state index in [9.17, 15) is 0 Å². The molecular weight excluding hydrogens is 254 g/mol. The monoisotopic (exact) mass is 273 g/mol. The van der Waals surface area contributed by atoms with Gasteiger partial charge in [-0.05, 0) is 26.3 Å². The third-order valence-electron chi connectivity index (χ3n) is 2.54. The number of nitrogen functional groups attached to an aromatic ring is 1. The molecule has 0 saturated heterocycles. The zero-order chi connectivity index (χ0) is 14.5. The van der Waals surface area contributed by atoms with Crippen LogP contribution in [0.5, 0.6) is 6.01 Å². The number of benzene rings is 1. The molecule has 3 N–H and O–H groups in total. The molecule has 1 aromatic carbocycles. The lowest BCUT2D eigenvalue weighted by Gasteiger charge is -2.10. The highest BCUT2D eigenvalue weighted by Gasteiger charge is 2.07. The minimum atomic E-state index is -0.0123. The van der Waals surface area contributed by atoms with Gasteiger partial charge >= 0.3 is 6.01 Å². The van der Waals surface area contributed by atoms with Crippen molar-refractivity contribution in [1.82, 2.24) is 15.0 Å². The molecule has 6 heteroatoms. The van der Waals surface area contributed by atoms with Crippen LogP contribution in [0.15, 0.2) is 24.3 Å². The quantitative estimate of drug-likeness (QED) is 0.868. The number of anilines is 2. The second-order valence-corrected chi connectivity index (χ2v) is 4.81. The number of nitrogens with zero attached hydrogens (tertiary/aromatic N) is 3. The van der Waals surface area contributed by atoms with Crippen molar-refractivity contribution in [1.29, 1.82) is 0 Å². The van der Waals surface area contributed by atoms with Crippen molar-refractivity contribution in [2.45, 2.75) is 33.4 Å². The second kappa shape index (κ2) is 6.18. The Hall–Kier alpha value is -2.37. The maximum absolute atomic E-state index is 5.64. The summed E-state index contributed by atoms with van der Waals surface area (Å²) in [6.07, 6.45) is -0.0123. The number of rotatable bonds is 5. The van der Waals surface area contributed by atoms with Crippen molar-refractivity contribution in [2.75, 3.05) is 11.1 Å². The van der Waals surface area contributed by atoms with Crippen molar-refractivity contribution in [3.8, 4) is 6.01 Å². The Bertz CT molecular complexity index is 568. The standard InChI is InChI=1S/C14H19N5O/c1-9(2)20-14-18-12(15)17-13(19-14)16-8-11-6-4-10(3)5-7-11/h4-7,9H,8H2,1-3H3,(H3,15,16,17,18,19). The lowest BCUT2D eigenvalue weighted by molar-refractivity contribution is 0.222. The summed E-state index contributed by atoms with van der Waals surface area (Å²) >= 11 is 0. The van der Waals surface area contributed by atoms with Crippen LogP contribution in [0, 0.1) is 6.92 Å². The molecule has 106 valence electrons. The molecule has 0 bridgehead atoms. The van der Waals surface area contributed by atoms with E-state index in [1.54, 1.807) is 0 Å². The first-order valence-corrected chi connectivity index (χ1v) is 6.50. The zero-order valence-corrected chi connectivity index (χ0v) is 11.9. The fourth-order valence-electron chi connectivity index (χ4n) is 1.60. The first kappa shape index (κ1) is 14.0. The highest BCUT2D eigenvalue weighted by molar-refractivity contribution is 5.34. The molecule has 0 aliphatic heterocycles. The fraction of sp³-hybridized carbons (Fsp3) is 0.357. The molecule has 20 heavy (non-hydrogen) atoms. The minimum Gasteiger partial charge on any atom is -0.461 e. The smallest absolute Gasteiger partial charge is 0.323 e. The summed E-state index contributed by atoms with van der Waals surface area (Å²) in [7, 11) is 0. The van der Waals surface area contributed by atoms with E-state index in [-0.39, 0.29) is 18.1 Å². The number of nitrogens with one attached hydrogen (secondary N) is 1. The topological polar surface area (TPSA) is 86.0 Å². The second-order valence-electron chi connectivity index (χ2n) is 4.81. The molecule has 1 heterocycles. The number of aryl methyl sites for hydroxylation is 1. The van der Waals surface area contributed by atoms with Crippen LogP contribution in [0.2, 0.25) is 0 Å². The highest BCUT2D eigenvalue weighted by Crippen LogP contribution is 2.12. The van der Waals surface area contributed by atoms with Crippen LogP contribution in [0.3, 0.4) is 0 Å². The van der Waals surface area contributed by atoms with Crippen molar-refractivity contribution >= 4 is 11.9 Å². The molecule has 0 fully saturated rings. The average Bonchev–Trinajstić information content (AvgIpc) is 2.36. The molecule has 2 aromatic rings. The molecule has 0 atom stereocenters. The van der Waals surface area contributed by atoms with E-state index < -0.39 is 0 Å². The first-order valence-electron chi connectivity index (χ1n) is 6.50. The maximum atomic E-state index is 5.64. The summed E-state index contributed by atoms with van der Waals surface area (Å²) < 4.78 is 5.42. The Morgan fingerprint density at radius 1 is 1.15 bits per heavy atom. The molecule has 0 amide bonds. The van der Waals surface area contributed by atoms with E-state index in [1.165, 1.54) is 5.56 Å². The molecular formula is C14H19N5O. The van der Waals surface area contributed by atoms with E-state index in [1.807, 2.05) is 13.8 Å². The lowest BCUT2D eigenvalue weighted by Crippen LogP contribution is -2.12.